The van der Waals surface area contributed by atoms with E-state index in [1.807, 2.05) is 0 Å². The van der Waals surface area contributed by atoms with Crippen LogP contribution in [0, 0.1) is 11.2 Å². The molecule has 0 saturated carbocycles. The molecule has 1 aromatic heterocycles. The molecule has 1 aromatic rings. The van der Waals surface area contributed by atoms with Gasteiger partial charge in [-0.1, -0.05) is 34.1 Å². The van der Waals surface area contributed by atoms with Crippen molar-refractivity contribution in [1.82, 2.24) is 10.3 Å². The van der Waals surface area contributed by atoms with Gasteiger partial charge in [0.05, 0.1) is 11.9 Å². The summed E-state index contributed by atoms with van der Waals surface area (Å²) in [6, 6.07) is 3.49. The Kier molecular flexibility index (Phi) is 5.73. The third-order valence-corrected chi connectivity index (χ3v) is 2.98. The van der Waals surface area contributed by atoms with Gasteiger partial charge < -0.3 is 5.32 Å². The van der Waals surface area contributed by atoms with Gasteiger partial charge in [-0.25, -0.2) is 4.39 Å². The first-order valence-electron chi connectivity index (χ1n) is 6.77. The van der Waals surface area contributed by atoms with Crippen LogP contribution in [-0.2, 0) is 0 Å². The molecular formula is C15H25FN2. The summed E-state index contributed by atoms with van der Waals surface area (Å²) in [6.07, 6.45) is 4.68. The molecule has 0 aliphatic rings. The van der Waals surface area contributed by atoms with Crippen molar-refractivity contribution in [3.63, 3.8) is 0 Å². The van der Waals surface area contributed by atoms with E-state index in [2.05, 4.69) is 38.0 Å². The van der Waals surface area contributed by atoms with Crippen LogP contribution in [0.15, 0.2) is 18.3 Å². The van der Waals surface area contributed by atoms with E-state index in [-0.39, 0.29) is 11.9 Å². The van der Waals surface area contributed by atoms with Crippen molar-refractivity contribution in [2.75, 3.05) is 6.54 Å². The Morgan fingerprint density at radius 2 is 2.06 bits per heavy atom. The van der Waals surface area contributed by atoms with Crippen molar-refractivity contribution in [2.45, 2.75) is 53.0 Å². The molecule has 3 heteroatoms. The van der Waals surface area contributed by atoms with Gasteiger partial charge in [0, 0.05) is 6.04 Å². The maximum atomic E-state index is 12.9. The molecule has 1 atom stereocenters. The second kappa shape index (κ2) is 6.83. The van der Waals surface area contributed by atoms with Gasteiger partial charge in [0.2, 0.25) is 0 Å². The molecule has 0 bridgehead atoms. The number of nitrogens with one attached hydrogen (secondary N) is 1. The molecule has 0 fully saturated rings. The van der Waals surface area contributed by atoms with E-state index in [1.54, 1.807) is 6.07 Å². The van der Waals surface area contributed by atoms with Crippen LogP contribution >= 0.6 is 0 Å². The molecule has 0 radical (unpaired) electrons. The van der Waals surface area contributed by atoms with Crippen molar-refractivity contribution < 1.29 is 4.39 Å². The molecule has 1 unspecified atom stereocenters. The zero-order valence-corrected chi connectivity index (χ0v) is 12.0. The average molecular weight is 252 g/mol. The molecule has 0 amide bonds. The predicted molar refractivity (Wildman–Crippen MR) is 73.9 cm³/mol. The third kappa shape index (κ3) is 5.58. The van der Waals surface area contributed by atoms with E-state index in [4.69, 9.17) is 0 Å². The van der Waals surface area contributed by atoms with Crippen LogP contribution in [0.1, 0.15) is 58.7 Å². The molecule has 1 heterocycles. The topological polar surface area (TPSA) is 24.9 Å². The highest BCUT2D eigenvalue weighted by Crippen LogP contribution is 2.25. The zero-order chi connectivity index (χ0) is 13.6. The molecule has 2 nitrogen and oxygen atoms in total. The quantitative estimate of drug-likeness (QED) is 0.825. The first kappa shape index (κ1) is 15.1. The summed E-state index contributed by atoms with van der Waals surface area (Å²) >= 11 is 0. The summed E-state index contributed by atoms with van der Waals surface area (Å²) in [5.41, 5.74) is 1.31. The maximum absolute atomic E-state index is 12.9. The number of pyridine rings is 1. The van der Waals surface area contributed by atoms with Crippen molar-refractivity contribution in [3.05, 3.63) is 29.8 Å². The van der Waals surface area contributed by atoms with Gasteiger partial charge in [0.1, 0.15) is 5.82 Å². The molecule has 0 aliphatic heterocycles. The Labute approximate surface area is 110 Å². The Bertz CT molecular complexity index is 341. The fraction of sp³-hybridized carbons (Fsp3) is 0.667. The lowest BCUT2D eigenvalue weighted by Crippen LogP contribution is -2.22. The molecule has 0 saturated heterocycles. The Balaban J connectivity index is 2.57. The van der Waals surface area contributed by atoms with E-state index >= 15 is 0 Å². The maximum Gasteiger partial charge on any atom is 0.141 e. The van der Waals surface area contributed by atoms with Gasteiger partial charge in [0.25, 0.3) is 0 Å². The summed E-state index contributed by atoms with van der Waals surface area (Å²) in [5, 5.41) is 3.42. The molecule has 0 aromatic carbocycles. The molecule has 0 aliphatic carbocycles. The molecular weight excluding hydrogens is 227 g/mol. The van der Waals surface area contributed by atoms with Crippen molar-refractivity contribution >= 4 is 0 Å². The number of rotatable bonds is 6. The second-order valence-electron chi connectivity index (χ2n) is 5.96. The Morgan fingerprint density at radius 3 is 2.56 bits per heavy atom. The highest BCUT2D eigenvalue weighted by Gasteiger charge is 2.15. The largest absolute Gasteiger partial charge is 0.309 e. The van der Waals surface area contributed by atoms with E-state index in [0.717, 1.165) is 25.1 Å². The van der Waals surface area contributed by atoms with Crippen LogP contribution in [0.3, 0.4) is 0 Å². The Morgan fingerprint density at radius 1 is 1.33 bits per heavy atom. The van der Waals surface area contributed by atoms with Crippen molar-refractivity contribution in [1.29, 1.82) is 0 Å². The number of hydrogen-bond acceptors (Lipinski definition) is 2. The van der Waals surface area contributed by atoms with Gasteiger partial charge in [-0.15, -0.1) is 0 Å². The zero-order valence-electron chi connectivity index (χ0n) is 12.0. The SMILES string of the molecule is CCNC(CCCC(C)(C)C)c1ccc(F)cn1. The number of hydrogen-bond donors (Lipinski definition) is 1. The first-order valence-corrected chi connectivity index (χ1v) is 6.77. The molecule has 18 heavy (non-hydrogen) atoms. The minimum Gasteiger partial charge on any atom is -0.309 e. The minimum atomic E-state index is -0.274. The lowest BCUT2D eigenvalue weighted by atomic mass is 9.88. The molecule has 1 rings (SSSR count). The summed E-state index contributed by atoms with van der Waals surface area (Å²) < 4.78 is 12.9. The van der Waals surface area contributed by atoms with Crippen molar-refractivity contribution in [2.24, 2.45) is 5.41 Å². The van der Waals surface area contributed by atoms with Crippen molar-refractivity contribution in [3.8, 4) is 0 Å². The van der Waals surface area contributed by atoms with Crippen LogP contribution in [-0.4, -0.2) is 11.5 Å². The van der Waals surface area contributed by atoms with Crippen LogP contribution in [0.25, 0.3) is 0 Å². The van der Waals surface area contributed by atoms with Gasteiger partial charge in [0.15, 0.2) is 0 Å². The fourth-order valence-electron chi connectivity index (χ4n) is 2.03. The summed E-state index contributed by atoms with van der Waals surface area (Å²) in [4.78, 5) is 4.17. The van der Waals surface area contributed by atoms with E-state index in [0.29, 0.717) is 5.41 Å². The predicted octanol–water partition coefficient (Wildman–Crippen LogP) is 4.09. The highest BCUT2D eigenvalue weighted by molar-refractivity contribution is 5.09. The number of halogens is 1. The standard InChI is InChI=1S/C15H25FN2/c1-5-17-13(7-6-10-15(2,3)4)14-9-8-12(16)11-18-14/h8-9,11,13,17H,5-7,10H2,1-4H3. The normalized spacial score (nSPS) is 13.6. The first-order chi connectivity index (χ1) is 8.42. The van der Waals surface area contributed by atoms with E-state index in [9.17, 15) is 4.39 Å². The lowest BCUT2D eigenvalue weighted by Gasteiger charge is -2.21. The van der Waals surface area contributed by atoms with E-state index in [1.165, 1.54) is 18.7 Å². The molecule has 102 valence electrons. The smallest absolute Gasteiger partial charge is 0.141 e. The monoisotopic (exact) mass is 252 g/mol. The number of nitrogens with zero attached hydrogens (tertiary/aromatic N) is 1. The summed E-state index contributed by atoms with van der Waals surface area (Å²) in [7, 11) is 0. The number of aromatic nitrogens is 1. The minimum absolute atomic E-state index is 0.234. The van der Waals surface area contributed by atoms with Crippen LogP contribution in [0.4, 0.5) is 4.39 Å². The summed E-state index contributed by atoms with van der Waals surface area (Å²) in [6.45, 7) is 9.75. The third-order valence-electron chi connectivity index (χ3n) is 2.98. The second-order valence-corrected chi connectivity index (χ2v) is 5.96. The van der Waals surface area contributed by atoms with Crippen LogP contribution < -0.4 is 5.32 Å². The molecule has 0 spiro atoms. The van der Waals surface area contributed by atoms with Gasteiger partial charge >= 0.3 is 0 Å². The van der Waals surface area contributed by atoms with Gasteiger partial charge in [-0.2, -0.15) is 0 Å². The fourth-order valence-corrected chi connectivity index (χ4v) is 2.03. The van der Waals surface area contributed by atoms with Crippen LogP contribution in [0.5, 0.6) is 0 Å². The molecule has 1 N–H and O–H groups in total. The Hall–Kier alpha value is -0.960. The lowest BCUT2D eigenvalue weighted by molar-refractivity contribution is 0.343. The van der Waals surface area contributed by atoms with Gasteiger partial charge in [-0.05, 0) is 36.9 Å². The highest BCUT2D eigenvalue weighted by atomic mass is 19.1. The van der Waals surface area contributed by atoms with E-state index < -0.39 is 0 Å². The summed E-state index contributed by atoms with van der Waals surface area (Å²) in [5.74, 6) is -0.274. The van der Waals surface area contributed by atoms with Crippen LogP contribution in [0.2, 0.25) is 0 Å². The average Bonchev–Trinajstić information content (AvgIpc) is 2.27. The van der Waals surface area contributed by atoms with Gasteiger partial charge in [-0.3, -0.25) is 4.98 Å².